The number of rotatable bonds is 5. The molecule has 0 atom stereocenters. The van der Waals surface area contributed by atoms with Gasteiger partial charge in [-0.25, -0.2) is 0 Å². The molecule has 1 aromatic rings. The van der Waals surface area contributed by atoms with Gasteiger partial charge in [0.25, 0.3) is 11.9 Å². The SMILES string of the molecule is CCCOC(=NC(=O)c1cccc(OC)c1)N(C)CC. The Hall–Kier alpha value is -2.04. The first kappa shape index (κ1) is 16.0. The fourth-order valence-electron chi connectivity index (χ4n) is 1.46. The van der Waals surface area contributed by atoms with Gasteiger partial charge in [0.2, 0.25) is 0 Å². The van der Waals surface area contributed by atoms with Crippen LogP contribution in [-0.4, -0.2) is 44.1 Å². The molecule has 20 heavy (non-hydrogen) atoms. The molecule has 5 heteroatoms. The summed E-state index contributed by atoms with van der Waals surface area (Å²) in [4.78, 5) is 18.0. The highest BCUT2D eigenvalue weighted by atomic mass is 16.5. The third-order valence-corrected chi connectivity index (χ3v) is 2.75. The minimum Gasteiger partial charge on any atom is -0.497 e. The minimum absolute atomic E-state index is 0.338. The summed E-state index contributed by atoms with van der Waals surface area (Å²) in [5.41, 5.74) is 0.478. The Morgan fingerprint density at radius 2 is 2.10 bits per heavy atom. The van der Waals surface area contributed by atoms with Crippen LogP contribution in [-0.2, 0) is 4.74 Å². The molecule has 1 aromatic carbocycles. The Balaban J connectivity index is 2.93. The molecule has 0 saturated heterocycles. The fraction of sp³-hybridized carbons (Fsp3) is 0.467. The van der Waals surface area contributed by atoms with Gasteiger partial charge in [-0.05, 0) is 31.5 Å². The van der Waals surface area contributed by atoms with Crippen LogP contribution >= 0.6 is 0 Å². The summed E-state index contributed by atoms with van der Waals surface area (Å²) >= 11 is 0. The number of nitrogens with zero attached hydrogens (tertiary/aromatic N) is 2. The van der Waals surface area contributed by atoms with Gasteiger partial charge in [-0.3, -0.25) is 4.79 Å². The number of carbonyl (C=O) groups is 1. The van der Waals surface area contributed by atoms with Gasteiger partial charge in [0, 0.05) is 19.2 Å². The van der Waals surface area contributed by atoms with Gasteiger partial charge in [-0.1, -0.05) is 13.0 Å². The minimum atomic E-state index is -0.338. The lowest BCUT2D eigenvalue weighted by atomic mass is 10.2. The van der Waals surface area contributed by atoms with Crippen molar-refractivity contribution in [1.29, 1.82) is 0 Å². The molecule has 0 bridgehead atoms. The molecule has 0 saturated carbocycles. The summed E-state index contributed by atoms with van der Waals surface area (Å²) in [5.74, 6) is 0.293. The zero-order valence-corrected chi connectivity index (χ0v) is 12.5. The molecule has 5 nitrogen and oxygen atoms in total. The highest BCUT2D eigenvalue weighted by Crippen LogP contribution is 2.13. The fourth-order valence-corrected chi connectivity index (χ4v) is 1.46. The van der Waals surface area contributed by atoms with Crippen molar-refractivity contribution in [3.05, 3.63) is 29.8 Å². The van der Waals surface area contributed by atoms with Crippen molar-refractivity contribution in [2.75, 3.05) is 27.3 Å². The van der Waals surface area contributed by atoms with Crippen LogP contribution in [0.15, 0.2) is 29.3 Å². The maximum Gasteiger partial charge on any atom is 0.295 e. The molecule has 0 aliphatic heterocycles. The van der Waals surface area contributed by atoms with Crippen LogP contribution in [0, 0.1) is 0 Å². The van der Waals surface area contributed by atoms with Gasteiger partial charge in [0.15, 0.2) is 0 Å². The summed E-state index contributed by atoms with van der Waals surface area (Å²) in [6.07, 6.45) is 0.865. The number of amides is 1. The van der Waals surface area contributed by atoms with Crippen LogP contribution in [0.25, 0.3) is 0 Å². The van der Waals surface area contributed by atoms with E-state index in [1.807, 2.05) is 20.9 Å². The lowest BCUT2D eigenvalue weighted by Crippen LogP contribution is -2.30. The van der Waals surface area contributed by atoms with Crippen LogP contribution in [0.1, 0.15) is 30.6 Å². The summed E-state index contributed by atoms with van der Waals surface area (Å²) in [5, 5.41) is 0. The molecule has 0 N–H and O–H groups in total. The van der Waals surface area contributed by atoms with Crippen LogP contribution < -0.4 is 4.74 Å². The number of ether oxygens (including phenoxy) is 2. The van der Waals surface area contributed by atoms with E-state index in [-0.39, 0.29) is 5.91 Å². The average molecular weight is 278 g/mol. The smallest absolute Gasteiger partial charge is 0.295 e. The molecule has 0 aromatic heterocycles. The van der Waals surface area contributed by atoms with E-state index in [1.54, 1.807) is 36.3 Å². The zero-order valence-electron chi connectivity index (χ0n) is 12.5. The monoisotopic (exact) mass is 278 g/mol. The predicted molar refractivity (Wildman–Crippen MR) is 79.3 cm³/mol. The molecule has 0 radical (unpaired) electrons. The number of methoxy groups -OCH3 is 1. The zero-order chi connectivity index (χ0) is 15.0. The van der Waals surface area contributed by atoms with Gasteiger partial charge in [-0.2, -0.15) is 4.99 Å². The third kappa shape index (κ3) is 4.57. The van der Waals surface area contributed by atoms with E-state index in [2.05, 4.69) is 4.99 Å². The molecule has 0 heterocycles. The van der Waals surface area contributed by atoms with Crippen molar-refractivity contribution in [3.8, 4) is 5.75 Å². The largest absolute Gasteiger partial charge is 0.497 e. The van der Waals surface area contributed by atoms with E-state index >= 15 is 0 Å². The first-order chi connectivity index (χ1) is 9.62. The lowest BCUT2D eigenvalue weighted by Gasteiger charge is -2.18. The van der Waals surface area contributed by atoms with Crippen molar-refractivity contribution in [2.45, 2.75) is 20.3 Å². The van der Waals surface area contributed by atoms with Crippen molar-refractivity contribution in [3.63, 3.8) is 0 Å². The highest BCUT2D eigenvalue weighted by molar-refractivity contribution is 6.01. The Morgan fingerprint density at radius 3 is 2.70 bits per heavy atom. The van der Waals surface area contributed by atoms with E-state index in [0.29, 0.717) is 30.5 Å². The van der Waals surface area contributed by atoms with E-state index < -0.39 is 0 Å². The van der Waals surface area contributed by atoms with Gasteiger partial charge in [-0.15, -0.1) is 0 Å². The molecule has 1 amide bonds. The van der Waals surface area contributed by atoms with Crippen molar-refractivity contribution in [1.82, 2.24) is 4.90 Å². The molecule has 0 aliphatic rings. The summed E-state index contributed by atoms with van der Waals surface area (Å²) < 4.78 is 10.6. The second-order valence-corrected chi connectivity index (χ2v) is 4.29. The van der Waals surface area contributed by atoms with E-state index in [4.69, 9.17) is 9.47 Å². The lowest BCUT2D eigenvalue weighted by molar-refractivity contribution is 0.0994. The molecular weight excluding hydrogens is 256 g/mol. The predicted octanol–water partition coefficient (Wildman–Crippen LogP) is 2.57. The normalized spacial score (nSPS) is 11.1. The van der Waals surface area contributed by atoms with Gasteiger partial charge in [0.05, 0.1) is 13.7 Å². The van der Waals surface area contributed by atoms with E-state index in [1.165, 1.54) is 0 Å². The van der Waals surface area contributed by atoms with Gasteiger partial charge >= 0.3 is 0 Å². The second kappa shape index (κ2) is 8.19. The Bertz CT molecular complexity index is 472. The summed E-state index contributed by atoms with van der Waals surface area (Å²) in [6.45, 7) is 5.23. The first-order valence-corrected chi connectivity index (χ1v) is 6.73. The molecule has 0 spiro atoms. The molecular formula is C15H22N2O3. The van der Waals surface area contributed by atoms with Crippen LogP contribution in [0.5, 0.6) is 5.75 Å². The molecule has 110 valence electrons. The Labute approximate surface area is 120 Å². The second-order valence-electron chi connectivity index (χ2n) is 4.29. The third-order valence-electron chi connectivity index (χ3n) is 2.75. The van der Waals surface area contributed by atoms with Gasteiger partial charge < -0.3 is 14.4 Å². The standard InChI is InChI=1S/C15H22N2O3/c1-5-10-20-15(17(3)6-2)16-14(18)12-8-7-9-13(11-12)19-4/h7-9,11H,5-6,10H2,1-4H3. The maximum atomic E-state index is 12.2. The molecule has 0 aliphatic carbocycles. The van der Waals surface area contributed by atoms with Gasteiger partial charge in [0.1, 0.15) is 5.75 Å². The molecule has 0 unspecified atom stereocenters. The van der Waals surface area contributed by atoms with Crippen molar-refractivity contribution in [2.24, 2.45) is 4.99 Å². The number of hydrogen-bond acceptors (Lipinski definition) is 3. The van der Waals surface area contributed by atoms with Crippen LogP contribution in [0.2, 0.25) is 0 Å². The number of carbonyl (C=O) groups excluding carboxylic acids is 1. The van der Waals surface area contributed by atoms with Crippen LogP contribution in [0.3, 0.4) is 0 Å². The van der Waals surface area contributed by atoms with E-state index in [9.17, 15) is 4.79 Å². The number of hydrogen-bond donors (Lipinski definition) is 0. The topological polar surface area (TPSA) is 51.1 Å². The quantitative estimate of drug-likeness (QED) is 0.613. The maximum absolute atomic E-state index is 12.2. The van der Waals surface area contributed by atoms with Crippen molar-refractivity contribution < 1.29 is 14.3 Å². The number of benzene rings is 1. The van der Waals surface area contributed by atoms with Crippen LogP contribution in [0.4, 0.5) is 0 Å². The Morgan fingerprint density at radius 1 is 1.35 bits per heavy atom. The number of amidine groups is 1. The average Bonchev–Trinajstić information content (AvgIpc) is 2.50. The highest BCUT2D eigenvalue weighted by Gasteiger charge is 2.11. The number of aliphatic imine (C=N–C) groups is 1. The molecule has 0 fully saturated rings. The Kier molecular flexibility index (Phi) is 6.56. The summed E-state index contributed by atoms with van der Waals surface area (Å²) in [6, 6.07) is 7.26. The first-order valence-electron chi connectivity index (χ1n) is 6.73. The molecule has 1 rings (SSSR count). The summed E-state index contributed by atoms with van der Waals surface area (Å²) in [7, 11) is 3.40. The van der Waals surface area contributed by atoms with E-state index in [0.717, 1.165) is 6.42 Å². The van der Waals surface area contributed by atoms with Crippen molar-refractivity contribution >= 4 is 11.9 Å².